The molecule has 6 heteroatoms. The summed E-state index contributed by atoms with van der Waals surface area (Å²) in [6, 6.07) is 0. The first-order chi connectivity index (χ1) is 40.5. The number of unbranched alkanes of at least 4 members (excludes halogenated alkanes) is 13. The Hall–Kier alpha value is -5.75. The second kappa shape index (κ2) is 67.8. The van der Waals surface area contributed by atoms with Crippen LogP contribution in [0.5, 0.6) is 0 Å². The first-order valence-electron chi connectivity index (χ1n) is 32.4. The summed E-state index contributed by atoms with van der Waals surface area (Å²) in [6.45, 7) is 6.31. The van der Waals surface area contributed by atoms with Crippen molar-refractivity contribution in [3.63, 3.8) is 0 Å². The summed E-state index contributed by atoms with van der Waals surface area (Å²) in [7, 11) is 0. The van der Waals surface area contributed by atoms with Crippen molar-refractivity contribution in [2.24, 2.45) is 0 Å². The monoisotopic (exact) mass is 1120 g/mol. The molecule has 6 nitrogen and oxygen atoms in total. The van der Waals surface area contributed by atoms with Crippen LogP contribution in [-0.2, 0) is 28.6 Å². The van der Waals surface area contributed by atoms with Crippen LogP contribution in [0.15, 0.2) is 194 Å². The second-order valence-corrected chi connectivity index (χ2v) is 20.6. The minimum Gasteiger partial charge on any atom is -0.462 e. The largest absolute Gasteiger partial charge is 0.462 e. The number of rotatable bonds is 56. The van der Waals surface area contributed by atoms with Gasteiger partial charge in [-0.1, -0.05) is 279 Å². The number of carbonyl (C=O) groups excluding carboxylic acids is 3. The normalized spacial score (nSPS) is 13.5. The third-order valence-electron chi connectivity index (χ3n) is 12.8. The molecule has 1 atom stereocenters. The maximum atomic E-state index is 12.9. The van der Waals surface area contributed by atoms with Gasteiger partial charge in [0.2, 0.25) is 0 Å². The predicted molar refractivity (Wildman–Crippen MR) is 357 cm³/mol. The van der Waals surface area contributed by atoms with Crippen LogP contribution in [0.1, 0.15) is 245 Å². The molecular weight excluding hydrogens is 1010 g/mol. The molecule has 1 unspecified atom stereocenters. The fourth-order valence-electron chi connectivity index (χ4n) is 8.07. The van der Waals surface area contributed by atoms with Gasteiger partial charge < -0.3 is 14.2 Å². The molecule has 0 rings (SSSR count). The van der Waals surface area contributed by atoms with Gasteiger partial charge in [0.25, 0.3) is 0 Å². The van der Waals surface area contributed by atoms with Gasteiger partial charge in [0.15, 0.2) is 6.10 Å². The van der Waals surface area contributed by atoms with Crippen molar-refractivity contribution in [2.45, 2.75) is 252 Å². The van der Waals surface area contributed by atoms with Gasteiger partial charge in [0, 0.05) is 19.3 Å². The van der Waals surface area contributed by atoms with Crippen LogP contribution in [0.2, 0.25) is 0 Å². The molecule has 456 valence electrons. The number of hydrogen-bond acceptors (Lipinski definition) is 6. The van der Waals surface area contributed by atoms with E-state index >= 15 is 0 Å². The first kappa shape index (κ1) is 76.2. The van der Waals surface area contributed by atoms with Crippen LogP contribution in [0.25, 0.3) is 0 Å². The van der Waals surface area contributed by atoms with Gasteiger partial charge in [0.1, 0.15) is 13.2 Å². The summed E-state index contributed by atoms with van der Waals surface area (Å²) in [6.07, 6.45) is 103. The predicted octanol–water partition coefficient (Wildman–Crippen LogP) is 22.6. The van der Waals surface area contributed by atoms with Crippen molar-refractivity contribution in [1.29, 1.82) is 0 Å². The third-order valence-corrected chi connectivity index (χ3v) is 12.8. The first-order valence-corrected chi connectivity index (χ1v) is 32.4. The van der Waals surface area contributed by atoms with Crippen LogP contribution in [0, 0.1) is 0 Å². The SMILES string of the molecule is CC/C=C\C/C=C\C/C=C\C/C=C\C/C=C\C/C=C\C/C=C\C/C=C\C/C=C\CCCC(=O)OCC(COC(=O)CCCCCCCCCCCC)OC(=O)CCCCC/C=C\C/C=C\C/C=C\C/C=C\C/C=C\C/C=C\C/C=C\CC. The molecule has 0 spiro atoms. The average molecular weight is 1130 g/mol. The Morgan fingerprint density at radius 2 is 0.488 bits per heavy atom. The van der Waals surface area contributed by atoms with Gasteiger partial charge in [0.05, 0.1) is 0 Å². The smallest absolute Gasteiger partial charge is 0.306 e. The maximum Gasteiger partial charge on any atom is 0.306 e. The van der Waals surface area contributed by atoms with E-state index in [1.54, 1.807) is 0 Å². The molecule has 0 bridgehead atoms. The summed E-state index contributed by atoms with van der Waals surface area (Å²) in [4.78, 5) is 38.2. The van der Waals surface area contributed by atoms with Gasteiger partial charge in [-0.25, -0.2) is 0 Å². The standard InChI is InChI=1S/C76H116O6/c1-4-7-10-13-16-19-22-24-26-28-30-32-34-36-37-38-39-41-42-44-46-48-50-52-54-57-60-63-66-69-75(78)81-72-73(71-80-74(77)68-65-62-59-56-21-18-15-12-9-6-3)82-76(79)70-67-64-61-58-55-53-51-49-47-45-43-40-35-33-31-29-27-25-23-20-17-14-11-8-5-2/h7-8,10-11,16-17,19-20,24-27,30-33,36-37,39-41,43-44,46-47,49-50,52-53,55,57,60,73H,4-6,9,12-15,18,21-23,28-29,34-35,38,42,45,48,51,54,56,58-59,61-72H2,1-3H3/b10-7-,11-8-,19-16-,20-17-,26-24-,27-25-,32-30-,33-31-,37-36-,41-39-,43-40-,46-44-,49-47-,52-50-,55-53-,60-57-. The van der Waals surface area contributed by atoms with Crippen molar-refractivity contribution < 1.29 is 28.6 Å². The zero-order valence-corrected chi connectivity index (χ0v) is 52.2. The summed E-state index contributed by atoms with van der Waals surface area (Å²) in [5.41, 5.74) is 0. The van der Waals surface area contributed by atoms with E-state index in [-0.39, 0.29) is 44.0 Å². The molecule has 0 N–H and O–H groups in total. The molecule has 0 amide bonds. The van der Waals surface area contributed by atoms with Crippen molar-refractivity contribution in [3.05, 3.63) is 194 Å². The van der Waals surface area contributed by atoms with Crippen molar-refractivity contribution in [3.8, 4) is 0 Å². The van der Waals surface area contributed by atoms with E-state index in [1.165, 1.54) is 44.9 Å². The molecule has 0 aromatic rings. The van der Waals surface area contributed by atoms with E-state index in [2.05, 4.69) is 215 Å². The lowest BCUT2D eigenvalue weighted by Gasteiger charge is -2.18. The minimum atomic E-state index is -0.830. The molecule has 0 aromatic carbocycles. The van der Waals surface area contributed by atoms with E-state index in [1.807, 2.05) is 0 Å². The fourth-order valence-corrected chi connectivity index (χ4v) is 8.07. The van der Waals surface area contributed by atoms with Crippen molar-refractivity contribution in [2.75, 3.05) is 13.2 Å². The molecule has 0 aromatic heterocycles. The fraction of sp³-hybridized carbons (Fsp3) is 0.539. The van der Waals surface area contributed by atoms with E-state index in [0.29, 0.717) is 19.3 Å². The van der Waals surface area contributed by atoms with Crippen molar-refractivity contribution >= 4 is 17.9 Å². The average Bonchev–Trinajstić information content (AvgIpc) is 3.48. The molecular formula is C76H116O6. The van der Waals surface area contributed by atoms with Gasteiger partial charge in [-0.3, -0.25) is 14.4 Å². The number of hydrogen-bond donors (Lipinski definition) is 0. The quantitative estimate of drug-likeness (QED) is 0.0261. The van der Waals surface area contributed by atoms with E-state index in [9.17, 15) is 14.4 Å². The molecule has 0 aliphatic carbocycles. The Morgan fingerprint density at radius 1 is 0.256 bits per heavy atom. The lowest BCUT2D eigenvalue weighted by molar-refractivity contribution is -0.167. The van der Waals surface area contributed by atoms with E-state index < -0.39 is 6.10 Å². The van der Waals surface area contributed by atoms with Crippen LogP contribution >= 0.6 is 0 Å². The zero-order chi connectivity index (χ0) is 59.2. The highest BCUT2D eigenvalue weighted by molar-refractivity contribution is 5.71. The lowest BCUT2D eigenvalue weighted by atomic mass is 10.1. The molecule has 0 heterocycles. The Balaban J connectivity index is 4.48. The molecule has 0 saturated heterocycles. The number of esters is 3. The van der Waals surface area contributed by atoms with E-state index in [4.69, 9.17) is 14.2 Å². The number of carbonyl (C=O) groups is 3. The summed E-state index contributed by atoms with van der Waals surface area (Å²) >= 11 is 0. The highest BCUT2D eigenvalue weighted by atomic mass is 16.6. The molecule has 0 saturated carbocycles. The molecule has 82 heavy (non-hydrogen) atoms. The molecule has 0 fully saturated rings. The number of allylic oxidation sites excluding steroid dienone is 32. The highest BCUT2D eigenvalue weighted by Crippen LogP contribution is 2.13. The Morgan fingerprint density at radius 3 is 0.793 bits per heavy atom. The van der Waals surface area contributed by atoms with Crippen LogP contribution in [0.3, 0.4) is 0 Å². The van der Waals surface area contributed by atoms with Crippen LogP contribution in [0.4, 0.5) is 0 Å². The second-order valence-electron chi connectivity index (χ2n) is 20.6. The summed E-state index contributed by atoms with van der Waals surface area (Å²) in [5, 5.41) is 0. The van der Waals surface area contributed by atoms with E-state index in [0.717, 1.165) is 148 Å². The van der Waals surface area contributed by atoms with Gasteiger partial charge in [-0.15, -0.1) is 0 Å². The Bertz CT molecular complexity index is 1970. The third kappa shape index (κ3) is 65.1. The van der Waals surface area contributed by atoms with Gasteiger partial charge in [-0.2, -0.15) is 0 Å². The number of ether oxygens (including phenoxy) is 3. The summed E-state index contributed by atoms with van der Waals surface area (Å²) in [5.74, 6) is -1.03. The molecule has 0 aliphatic rings. The van der Waals surface area contributed by atoms with Crippen molar-refractivity contribution in [1.82, 2.24) is 0 Å². The van der Waals surface area contributed by atoms with Gasteiger partial charge in [-0.05, 0) is 141 Å². The zero-order valence-electron chi connectivity index (χ0n) is 52.2. The van der Waals surface area contributed by atoms with Crippen LogP contribution < -0.4 is 0 Å². The van der Waals surface area contributed by atoms with Gasteiger partial charge >= 0.3 is 17.9 Å². The lowest BCUT2D eigenvalue weighted by Crippen LogP contribution is -2.30. The molecule has 0 aliphatic heterocycles. The van der Waals surface area contributed by atoms with Crippen LogP contribution in [-0.4, -0.2) is 37.2 Å². The Labute approximate surface area is 503 Å². The molecule has 0 radical (unpaired) electrons. The topological polar surface area (TPSA) is 78.9 Å². The minimum absolute atomic E-state index is 0.118. The highest BCUT2D eigenvalue weighted by Gasteiger charge is 2.19. The Kier molecular flexibility index (Phi) is 63.0. The maximum absolute atomic E-state index is 12.9. The summed E-state index contributed by atoms with van der Waals surface area (Å²) < 4.78 is 16.8.